The first-order valence-corrected chi connectivity index (χ1v) is 11.6. The maximum Gasteiger partial charge on any atom is 0.407 e. The molecule has 2 aromatic carbocycles. The van der Waals surface area contributed by atoms with E-state index < -0.39 is 23.7 Å². The van der Waals surface area contributed by atoms with Gasteiger partial charge >= 0.3 is 12.1 Å². The molecule has 4 rings (SSSR count). The van der Waals surface area contributed by atoms with Gasteiger partial charge in [0.25, 0.3) is 0 Å². The van der Waals surface area contributed by atoms with Crippen molar-refractivity contribution >= 4 is 18.0 Å². The lowest BCUT2D eigenvalue weighted by Crippen LogP contribution is -2.43. The summed E-state index contributed by atoms with van der Waals surface area (Å²) in [7, 11) is 0. The van der Waals surface area contributed by atoms with Crippen LogP contribution >= 0.6 is 0 Å². The van der Waals surface area contributed by atoms with E-state index in [0.29, 0.717) is 19.4 Å². The minimum atomic E-state index is -0.983. The first-order chi connectivity index (χ1) is 16.4. The third-order valence-electron chi connectivity index (χ3n) is 6.39. The van der Waals surface area contributed by atoms with Crippen molar-refractivity contribution in [2.45, 2.75) is 50.2 Å². The van der Waals surface area contributed by atoms with Crippen LogP contribution in [0, 0.1) is 0 Å². The van der Waals surface area contributed by atoms with E-state index in [-0.39, 0.29) is 37.8 Å². The van der Waals surface area contributed by atoms with Crippen LogP contribution in [0.25, 0.3) is 11.1 Å². The third-order valence-corrected chi connectivity index (χ3v) is 6.39. The zero-order valence-electron chi connectivity index (χ0n) is 19.2. The molecule has 8 nitrogen and oxygen atoms in total. The van der Waals surface area contributed by atoms with Crippen LogP contribution in [-0.4, -0.2) is 54.5 Å². The fraction of sp³-hybridized carbons (Fsp3) is 0.423. The van der Waals surface area contributed by atoms with E-state index >= 15 is 0 Å². The van der Waals surface area contributed by atoms with Gasteiger partial charge in [-0.1, -0.05) is 48.5 Å². The van der Waals surface area contributed by atoms with E-state index in [1.165, 1.54) is 0 Å². The minimum absolute atomic E-state index is 0.0265. The van der Waals surface area contributed by atoms with E-state index in [2.05, 4.69) is 34.9 Å². The topological polar surface area (TPSA) is 114 Å². The van der Waals surface area contributed by atoms with Crippen molar-refractivity contribution in [1.29, 1.82) is 0 Å². The molecule has 2 aliphatic rings. The molecule has 0 radical (unpaired) electrons. The Labute approximate surface area is 198 Å². The van der Waals surface area contributed by atoms with Crippen LogP contribution in [0.2, 0.25) is 0 Å². The fourth-order valence-corrected chi connectivity index (χ4v) is 4.57. The Morgan fingerprint density at radius 2 is 1.68 bits per heavy atom. The highest BCUT2D eigenvalue weighted by molar-refractivity contribution is 5.80. The molecule has 0 saturated heterocycles. The van der Waals surface area contributed by atoms with E-state index in [1.54, 1.807) is 6.92 Å². The molecule has 8 heteroatoms. The quantitative estimate of drug-likeness (QED) is 0.467. The van der Waals surface area contributed by atoms with E-state index in [4.69, 9.17) is 14.6 Å². The van der Waals surface area contributed by atoms with Crippen LogP contribution < -0.4 is 10.6 Å². The molecular formula is C26H30N2O6. The number of carbonyl (C=O) groups is 3. The van der Waals surface area contributed by atoms with Crippen LogP contribution in [-0.2, 0) is 19.1 Å². The Kier molecular flexibility index (Phi) is 7.17. The Hall–Kier alpha value is -3.39. The van der Waals surface area contributed by atoms with Crippen molar-refractivity contribution in [3.05, 3.63) is 59.7 Å². The molecule has 2 aliphatic carbocycles. The van der Waals surface area contributed by atoms with Gasteiger partial charge in [0, 0.05) is 25.5 Å². The number of hydrogen-bond acceptors (Lipinski definition) is 5. The summed E-state index contributed by atoms with van der Waals surface area (Å²) >= 11 is 0. The summed E-state index contributed by atoms with van der Waals surface area (Å²) in [6.45, 7) is 2.46. The number of nitrogens with one attached hydrogen (secondary N) is 2. The van der Waals surface area contributed by atoms with Gasteiger partial charge in [0.05, 0.1) is 18.1 Å². The second-order valence-electron chi connectivity index (χ2n) is 8.89. The van der Waals surface area contributed by atoms with E-state index in [9.17, 15) is 14.4 Å². The van der Waals surface area contributed by atoms with Gasteiger partial charge in [0.1, 0.15) is 6.61 Å². The summed E-state index contributed by atoms with van der Waals surface area (Å²) in [6.07, 6.45) is 0.186. The fourth-order valence-electron chi connectivity index (χ4n) is 4.57. The average Bonchev–Trinajstić information content (AvgIpc) is 3.48. The lowest BCUT2D eigenvalue weighted by molar-refractivity contribution is -0.140. The highest BCUT2D eigenvalue weighted by atomic mass is 16.5. The van der Waals surface area contributed by atoms with Crippen LogP contribution in [0.4, 0.5) is 4.79 Å². The largest absolute Gasteiger partial charge is 0.481 e. The van der Waals surface area contributed by atoms with Crippen molar-refractivity contribution in [2.24, 2.45) is 0 Å². The smallest absolute Gasteiger partial charge is 0.407 e. The summed E-state index contributed by atoms with van der Waals surface area (Å²) in [6, 6.07) is 16.3. The Morgan fingerprint density at radius 3 is 2.24 bits per heavy atom. The normalized spacial score (nSPS) is 16.1. The summed E-state index contributed by atoms with van der Waals surface area (Å²) in [5.74, 6) is -1.27. The predicted molar refractivity (Wildman–Crippen MR) is 125 cm³/mol. The lowest BCUT2D eigenvalue weighted by atomic mass is 9.98. The SMILES string of the molecule is CCOC(CNC(=O)CC1(NC(=O)OCC2c3ccccc3-c3ccccc32)CC1)CC(=O)O. The molecule has 1 saturated carbocycles. The standard InChI is InChI=1S/C26H30N2O6/c1-2-33-17(13-24(30)31)15-27-23(29)14-26(11-12-26)28-25(32)34-16-22-20-9-5-3-7-18(20)19-8-4-6-10-21(19)22/h3-10,17,22H,2,11-16H2,1H3,(H,27,29)(H,28,32)(H,30,31). The monoisotopic (exact) mass is 466 g/mol. The zero-order valence-corrected chi connectivity index (χ0v) is 19.2. The van der Waals surface area contributed by atoms with Gasteiger partial charge in [-0.3, -0.25) is 9.59 Å². The molecule has 2 aromatic rings. The third kappa shape index (κ3) is 5.56. The Balaban J connectivity index is 1.28. The van der Waals surface area contributed by atoms with Crippen molar-refractivity contribution in [1.82, 2.24) is 10.6 Å². The Morgan fingerprint density at radius 1 is 1.06 bits per heavy atom. The summed E-state index contributed by atoms with van der Waals surface area (Å²) in [4.78, 5) is 35.9. The molecule has 3 N–H and O–H groups in total. The van der Waals surface area contributed by atoms with Crippen LogP contribution in [0.15, 0.2) is 48.5 Å². The van der Waals surface area contributed by atoms with Crippen LogP contribution in [0.3, 0.4) is 0 Å². The molecule has 2 amide bonds. The highest BCUT2D eigenvalue weighted by Crippen LogP contribution is 2.44. The molecule has 1 fully saturated rings. The number of carbonyl (C=O) groups excluding carboxylic acids is 2. The molecule has 0 bridgehead atoms. The molecular weight excluding hydrogens is 436 g/mol. The molecule has 1 unspecified atom stereocenters. The molecule has 0 spiro atoms. The molecule has 0 aromatic heterocycles. The summed E-state index contributed by atoms with van der Waals surface area (Å²) in [5, 5.41) is 14.5. The first-order valence-electron chi connectivity index (χ1n) is 11.6. The molecule has 180 valence electrons. The molecule has 0 heterocycles. The number of alkyl carbamates (subject to hydrolysis) is 1. The number of rotatable bonds is 11. The maximum absolute atomic E-state index is 12.6. The average molecular weight is 467 g/mol. The number of aliphatic carboxylic acids is 1. The summed E-state index contributed by atoms with van der Waals surface area (Å²) in [5.41, 5.74) is 4.00. The molecule has 0 aliphatic heterocycles. The van der Waals surface area contributed by atoms with Gasteiger partial charge in [-0.05, 0) is 42.0 Å². The van der Waals surface area contributed by atoms with Gasteiger partial charge in [-0.25, -0.2) is 4.79 Å². The zero-order chi connectivity index (χ0) is 24.1. The highest BCUT2D eigenvalue weighted by Gasteiger charge is 2.46. The van der Waals surface area contributed by atoms with Crippen molar-refractivity contribution in [2.75, 3.05) is 19.8 Å². The van der Waals surface area contributed by atoms with E-state index in [1.807, 2.05) is 24.3 Å². The van der Waals surface area contributed by atoms with Crippen LogP contribution in [0.5, 0.6) is 0 Å². The number of carboxylic acid groups (broad SMARTS) is 1. The second kappa shape index (κ2) is 10.3. The minimum Gasteiger partial charge on any atom is -0.481 e. The van der Waals surface area contributed by atoms with Gasteiger partial charge in [0.15, 0.2) is 0 Å². The number of ether oxygens (including phenoxy) is 2. The van der Waals surface area contributed by atoms with Gasteiger partial charge in [-0.2, -0.15) is 0 Å². The van der Waals surface area contributed by atoms with Crippen LogP contribution in [0.1, 0.15) is 49.7 Å². The number of benzene rings is 2. The number of carboxylic acids is 1. The number of hydrogen-bond donors (Lipinski definition) is 3. The molecule has 34 heavy (non-hydrogen) atoms. The Bertz CT molecular complexity index is 1020. The van der Waals surface area contributed by atoms with Gasteiger partial charge < -0.3 is 25.2 Å². The van der Waals surface area contributed by atoms with Gasteiger partial charge in [-0.15, -0.1) is 0 Å². The van der Waals surface area contributed by atoms with E-state index in [0.717, 1.165) is 22.3 Å². The maximum atomic E-state index is 12.6. The summed E-state index contributed by atoms with van der Waals surface area (Å²) < 4.78 is 11.0. The van der Waals surface area contributed by atoms with Gasteiger partial charge in [0.2, 0.25) is 5.91 Å². The molecule has 1 atom stereocenters. The number of amides is 2. The van der Waals surface area contributed by atoms with Crippen molar-refractivity contribution in [3.8, 4) is 11.1 Å². The first kappa shape index (κ1) is 23.8. The predicted octanol–water partition coefficient (Wildman–Crippen LogP) is 3.44. The van der Waals surface area contributed by atoms with Crippen molar-refractivity contribution < 1.29 is 29.0 Å². The lowest BCUT2D eigenvalue weighted by Gasteiger charge is -2.20. The number of fused-ring (bicyclic) bond motifs is 3. The van der Waals surface area contributed by atoms with Crippen molar-refractivity contribution in [3.63, 3.8) is 0 Å². The second-order valence-corrected chi connectivity index (χ2v) is 8.89.